The van der Waals surface area contributed by atoms with Gasteiger partial charge in [0, 0.05) is 31.5 Å². The van der Waals surface area contributed by atoms with Crippen LogP contribution in [-0.4, -0.2) is 27.5 Å². The number of nitrogens with zero attached hydrogens (tertiary/aromatic N) is 3. The molecule has 2 aromatic rings. The van der Waals surface area contributed by atoms with Gasteiger partial charge in [-0.3, -0.25) is 4.90 Å². The second-order valence-electron chi connectivity index (χ2n) is 4.72. The van der Waals surface area contributed by atoms with Gasteiger partial charge in [-0.15, -0.1) is 0 Å². The highest BCUT2D eigenvalue weighted by atomic mass is 79.9. The maximum Gasteiger partial charge on any atom is 0.169 e. The normalized spacial score (nSPS) is 18.3. The molecule has 3 rings (SSSR count). The van der Waals surface area contributed by atoms with Gasteiger partial charge in [-0.25, -0.2) is 4.98 Å². The van der Waals surface area contributed by atoms with Crippen LogP contribution in [0.2, 0.25) is 0 Å². The molecule has 2 aromatic heterocycles. The molecule has 0 aliphatic carbocycles. The first-order valence-corrected chi connectivity index (χ1v) is 7.04. The van der Waals surface area contributed by atoms with Crippen molar-refractivity contribution in [3.8, 4) is 0 Å². The lowest BCUT2D eigenvalue weighted by Gasteiger charge is -2.31. The highest BCUT2D eigenvalue weighted by Gasteiger charge is 2.20. The zero-order chi connectivity index (χ0) is 12.4. The third-order valence-electron chi connectivity index (χ3n) is 3.51. The number of furan rings is 1. The third kappa shape index (κ3) is 2.67. The Morgan fingerprint density at radius 2 is 2.17 bits per heavy atom. The molecule has 0 unspecified atom stereocenters. The number of piperidine rings is 1. The van der Waals surface area contributed by atoms with Crippen molar-refractivity contribution in [1.82, 2.24) is 14.5 Å². The van der Waals surface area contributed by atoms with E-state index in [0.717, 1.165) is 30.1 Å². The number of hydrogen-bond acceptors (Lipinski definition) is 3. The fraction of sp³-hybridized carbons (Fsp3) is 0.462. The number of aromatic nitrogens is 2. The molecule has 5 heteroatoms. The van der Waals surface area contributed by atoms with Crippen LogP contribution < -0.4 is 0 Å². The van der Waals surface area contributed by atoms with Crippen LogP contribution in [-0.2, 0) is 6.54 Å². The Labute approximate surface area is 115 Å². The fourth-order valence-corrected chi connectivity index (χ4v) is 2.86. The summed E-state index contributed by atoms with van der Waals surface area (Å²) in [6.45, 7) is 3.13. The summed E-state index contributed by atoms with van der Waals surface area (Å²) in [7, 11) is 0. The van der Waals surface area contributed by atoms with E-state index in [1.54, 1.807) is 0 Å². The highest BCUT2D eigenvalue weighted by molar-refractivity contribution is 9.10. The van der Waals surface area contributed by atoms with Crippen molar-refractivity contribution in [1.29, 1.82) is 0 Å². The zero-order valence-corrected chi connectivity index (χ0v) is 11.7. The van der Waals surface area contributed by atoms with Crippen molar-refractivity contribution in [3.63, 3.8) is 0 Å². The predicted octanol–water partition coefficient (Wildman–Crippen LogP) is 3.08. The minimum atomic E-state index is 0.604. The van der Waals surface area contributed by atoms with Gasteiger partial charge in [-0.1, -0.05) is 0 Å². The van der Waals surface area contributed by atoms with Gasteiger partial charge in [0.1, 0.15) is 5.76 Å². The topological polar surface area (TPSA) is 34.2 Å². The Hall–Kier alpha value is -1.07. The largest absolute Gasteiger partial charge is 0.453 e. The SMILES string of the molecule is Brc1ccc(CN2CCC(n3ccnc3)CC2)o1. The average Bonchev–Trinajstić information content (AvgIpc) is 3.02. The second kappa shape index (κ2) is 5.28. The molecule has 18 heavy (non-hydrogen) atoms. The summed E-state index contributed by atoms with van der Waals surface area (Å²) >= 11 is 3.34. The molecule has 0 N–H and O–H groups in total. The van der Waals surface area contributed by atoms with E-state index in [9.17, 15) is 0 Å². The molecule has 96 valence electrons. The minimum absolute atomic E-state index is 0.604. The van der Waals surface area contributed by atoms with Crippen LogP contribution >= 0.6 is 15.9 Å². The lowest BCUT2D eigenvalue weighted by molar-refractivity contribution is 0.168. The smallest absolute Gasteiger partial charge is 0.169 e. The Morgan fingerprint density at radius 1 is 1.33 bits per heavy atom. The van der Waals surface area contributed by atoms with E-state index in [1.807, 2.05) is 24.7 Å². The quantitative estimate of drug-likeness (QED) is 0.874. The summed E-state index contributed by atoms with van der Waals surface area (Å²) in [6.07, 6.45) is 8.19. The first kappa shape index (κ1) is 12.0. The molecule has 1 saturated heterocycles. The molecule has 0 amide bonds. The van der Waals surface area contributed by atoms with E-state index < -0.39 is 0 Å². The van der Waals surface area contributed by atoms with Crippen LogP contribution in [0, 0.1) is 0 Å². The molecule has 0 saturated carbocycles. The molecule has 0 bridgehead atoms. The van der Waals surface area contributed by atoms with E-state index in [0.29, 0.717) is 6.04 Å². The Bertz CT molecular complexity index is 486. The number of likely N-dealkylation sites (tertiary alicyclic amines) is 1. The molecule has 0 spiro atoms. The van der Waals surface area contributed by atoms with Crippen molar-refractivity contribution in [3.05, 3.63) is 41.3 Å². The van der Waals surface area contributed by atoms with Crippen LogP contribution in [0.5, 0.6) is 0 Å². The Balaban J connectivity index is 1.54. The molecular formula is C13H16BrN3O. The van der Waals surface area contributed by atoms with E-state index in [-0.39, 0.29) is 0 Å². The van der Waals surface area contributed by atoms with E-state index >= 15 is 0 Å². The van der Waals surface area contributed by atoms with Crippen LogP contribution in [0.1, 0.15) is 24.6 Å². The first-order valence-electron chi connectivity index (χ1n) is 6.25. The zero-order valence-electron chi connectivity index (χ0n) is 10.1. The lowest BCUT2D eigenvalue weighted by Crippen LogP contribution is -2.33. The highest BCUT2D eigenvalue weighted by Crippen LogP contribution is 2.24. The molecule has 0 radical (unpaired) electrons. The number of rotatable bonds is 3. The second-order valence-corrected chi connectivity index (χ2v) is 5.50. The molecular weight excluding hydrogens is 294 g/mol. The maximum absolute atomic E-state index is 5.55. The van der Waals surface area contributed by atoms with Crippen LogP contribution in [0.25, 0.3) is 0 Å². The van der Waals surface area contributed by atoms with Gasteiger partial charge in [-0.05, 0) is 40.9 Å². The lowest BCUT2D eigenvalue weighted by atomic mass is 10.0. The summed E-state index contributed by atoms with van der Waals surface area (Å²) < 4.78 is 8.58. The van der Waals surface area contributed by atoms with E-state index in [1.165, 1.54) is 12.8 Å². The number of hydrogen-bond donors (Lipinski definition) is 0. The van der Waals surface area contributed by atoms with Gasteiger partial charge in [0.05, 0.1) is 12.9 Å². The van der Waals surface area contributed by atoms with Crippen LogP contribution in [0.4, 0.5) is 0 Å². The molecule has 1 aliphatic rings. The summed E-state index contributed by atoms with van der Waals surface area (Å²) in [6, 6.07) is 4.59. The van der Waals surface area contributed by atoms with E-state index in [4.69, 9.17) is 4.42 Å². The molecule has 1 fully saturated rings. The van der Waals surface area contributed by atoms with Crippen molar-refractivity contribution in [2.45, 2.75) is 25.4 Å². The number of imidazole rings is 1. The van der Waals surface area contributed by atoms with Crippen molar-refractivity contribution < 1.29 is 4.42 Å². The van der Waals surface area contributed by atoms with Crippen molar-refractivity contribution >= 4 is 15.9 Å². The standard InChI is InChI=1S/C13H16BrN3O/c14-13-2-1-12(18-13)9-16-6-3-11(4-7-16)17-8-5-15-10-17/h1-2,5,8,10-11H,3-4,6-7,9H2. The molecule has 1 aliphatic heterocycles. The minimum Gasteiger partial charge on any atom is -0.453 e. The summed E-state index contributed by atoms with van der Waals surface area (Å²) in [5.74, 6) is 1.03. The monoisotopic (exact) mass is 309 g/mol. The molecule has 4 nitrogen and oxygen atoms in total. The summed E-state index contributed by atoms with van der Waals surface area (Å²) in [5, 5.41) is 0. The average molecular weight is 310 g/mol. The van der Waals surface area contributed by atoms with Gasteiger partial charge in [0.25, 0.3) is 0 Å². The van der Waals surface area contributed by atoms with Crippen LogP contribution in [0.3, 0.4) is 0 Å². The van der Waals surface area contributed by atoms with Crippen molar-refractivity contribution in [2.75, 3.05) is 13.1 Å². The summed E-state index contributed by atoms with van der Waals surface area (Å²) in [4.78, 5) is 6.56. The Kier molecular flexibility index (Phi) is 3.52. The van der Waals surface area contributed by atoms with Gasteiger partial charge in [0.15, 0.2) is 4.67 Å². The van der Waals surface area contributed by atoms with Gasteiger partial charge in [-0.2, -0.15) is 0 Å². The van der Waals surface area contributed by atoms with E-state index in [2.05, 4.69) is 36.6 Å². The number of halogens is 1. The third-order valence-corrected chi connectivity index (χ3v) is 3.94. The van der Waals surface area contributed by atoms with Crippen molar-refractivity contribution in [2.24, 2.45) is 0 Å². The molecule has 0 aromatic carbocycles. The fourth-order valence-electron chi connectivity index (χ4n) is 2.52. The maximum atomic E-state index is 5.55. The van der Waals surface area contributed by atoms with Gasteiger partial charge < -0.3 is 8.98 Å². The van der Waals surface area contributed by atoms with Crippen LogP contribution in [0.15, 0.2) is 39.9 Å². The van der Waals surface area contributed by atoms with Gasteiger partial charge in [0.2, 0.25) is 0 Å². The first-order chi connectivity index (χ1) is 8.81. The molecule has 3 heterocycles. The summed E-state index contributed by atoms with van der Waals surface area (Å²) in [5.41, 5.74) is 0. The Morgan fingerprint density at radius 3 is 2.78 bits per heavy atom. The van der Waals surface area contributed by atoms with Gasteiger partial charge >= 0.3 is 0 Å². The predicted molar refractivity (Wildman–Crippen MR) is 72.2 cm³/mol. The molecule has 0 atom stereocenters.